The van der Waals surface area contributed by atoms with Gasteiger partial charge in [-0.3, -0.25) is 14.6 Å². The summed E-state index contributed by atoms with van der Waals surface area (Å²) in [5, 5.41) is 0.883. The molecule has 3 heterocycles. The van der Waals surface area contributed by atoms with Crippen molar-refractivity contribution in [1.29, 1.82) is 0 Å². The summed E-state index contributed by atoms with van der Waals surface area (Å²) in [6, 6.07) is -0.628. The van der Waals surface area contributed by atoms with E-state index in [1.807, 2.05) is 4.58 Å². The first-order valence-electron chi connectivity index (χ1n) is 7.09. The van der Waals surface area contributed by atoms with E-state index in [1.54, 1.807) is 18.8 Å². The molecular weight excluding hydrogens is 276 g/mol. The Morgan fingerprint density at radius 2 is 2.20 bits per heavy atom. The van der Waals surface area contributed by atoms with Crippen molar-refractivity contribution in [3.8, 4) is 0 Å². The van der Waals surface area contributed by atoms with Gasteiger partial charge in [0, 0.05) is 19.3 Å². The standard InChI is InChI=1S/C13H19N4O2S/c1-3-4-5-6-17-11(18)9-10(15(2)13(17)19)14-12-16(9)7-8-20-12/h9H,3-8H2,1-2H3/q+1. The minimum atomic E-state index is -0.385. The SMILES string of the molecule is CCCCCN1C(=O)C2C(=NC3=[N+]2CCS3)N(C)C1=O. The fourth-order valence-corrected chi connectivity index (χ4v) is 3.79. The maximum absolute atomic E-state index is 12.6. The summed E-state index contributed by atoms with van der Waals surface area (Å²) in [6.07, 6.45) is 2.97. The van der Waals surface area contributed by atoms with Crippen LogP contribution in [0.25, 0.3) is 0 Å². The van der Waals surface area contributed by atoms with E-state index in [4.69, 9.17) is 0 Å². The van der Waals surface area contributed by atoms with Crippen molar-refractivity contribution < 1.29 is 14.2 Å². The van der Waals surface area contributed by atoms with Crippen LogP contribution in [0.2, 0.25) is 0 Å². The normalized spacial score (nSPS) is 25.3. The summed E-state index contributed by atoms with van der Waals surface area (Å²) in [7, 11) is 1.71. The fraction of sp³-hybridized carbons (Fsp3) is 0.692. The van der Waals surface area contributed by atoms with Gasteiger partial charge < -0.3 is 0 Å². The van der Waals surface area contributed by atoms with Crippen LogP contribution < -0.4 is 0 Å². The van der Waals surface area contributed by atoms with E-state index < -0.39 is 0 Å². The number of amides is 3. The van der Waals surface area contributed by atoms with E-state index in [2.05, 4.69) is 11.9 Å². The number of unbranched alkanes of at least 4 members (excludes halogenated alkanes) is 2. The van der Waals surface area contributed by atoms with Crippen LogP contribution in [0.4, 0.5) is 4.79 Å². The van der Waals surface area contributed by atoms with Crippen LogP contribution in [-0.4, -0.2) is 69.2 Å². The first-order chi connectivity index (χ1) is 9.65. The van der Waals surface area contributed by atoms with Crippen molar-refractivity contribution in [2.45, 2.75) is 32.2 Å². The average molecular weight is 295 g/mol. The van der Waals surface area contributed by atoms with E-state index in [1.165, 1.54) is 9.80 Å². The van der Waals surface area contributed by atoms with Crippen molar-refractivity contribution in [2.75, 3.05) is 25.9 Å². The summed E-state index contributed by atoms with van der Waals surface area (Å²) in [5.74, 6) is 1.44. The van der Waals surface area contributed by atoms with Gasteiger partial charge in [-0.05, 0) is 23.2 Å². The number of imide groups is 1. The zero-order chi connectivity index (χ0) is 14.3. The van der Waals surface area contributed by atoms with Gasteiger partial charge in [0.2, 0.25) is 0 Å². The van der Waals surface area contributed by atoms with Crippen LogP contribution in [0, 0.1) is 0 Å². The summed E-state index contributed by atoms with van der Waals surface area (Å²) in [6.45, 7) is 3.45. The highest BCUT2D eigenvalue weighted by atomic mass is 32.2. The molecule has 0 aromatic carbocycles. The quantitative estimate of drug-likeness (QED) is 0.573. The van der Waals surface area contributed by atoms with Gasteiger partial charge in [-0.1, -0.05) is 19.8 Å². The number of nitrogens with zero attached hydrogens (tertiary/aromatic N) is 4. The highest BCUT2D eigenvalue weighted by Crippen LogP contribution is 2.27. The second-order valence-electron chi connectivity index (χ2n) is 5.24. The van der Waals surface area contributed by atoms with E-state index in [0.29, 0.717) is 12.4 Å². The second kappa shape index (κ2) is 5.20. The molecule has 0 radical (unpaired) electrons. The molecule has 1 unspecified atom stereocenters. The number of urea groups is 1. The fourth-order valence-electron chi connectivity index (χ4n) is 2.80. The van der Waals surface area contributed by atoms with Crippen LogP contribution in [0.15, 0.2) is 4.99 Å². The molecule has 0 aromatic heterocycles. The third kappa shape index (κ3) is 1.95. The summed E-state index contributed by atoms with van der Waals surface area (Å²) < 4.78 is 2.03. The highest BCUT2D eigenvalue weighted by molar-refractivity contribution is 8.13. The zero-order valence-corrected chi connectivity index (χ0v) is 12.7. The first kappa shape index (κ1) is 13.6. The minimum Gasteiger partial charge on any atom is -0.269 e. The van der Waals surface area contributed by atoms with Gasteiger partial charge in [0.15, 0.2) is 0 Å². The van der Waals surface area contributed by atoms with Gasteiger partial charge in [-0.25, -0.2) is 9.37 Å². The summed E-state index contributed by atoms with van der Waals surface area (Å²) in [4.78, 5) is 32.3. The zero-order valence-electron chi connectivity index (χ0n) is 11.8. The Bertz CT molecular complexity index is 528. The van der Waals surface area contributed by atoms with Crippen molar-refractivity contribution in [3.05, 3.63) is 0 Å². The monoisotopic (exact) mass is 295 g/mol. The summed E-state index contributed by atoms with van der Waals surface area (Å²) in [5.41, 5.74) is 0. The van der Waals surface area contributed by atoms with Crippen LogP contribution in [-0.2, 0) is 4.79 Å². The van der Waals surface area contributed by atoms with Crippen molar-refractivity contribution in [3.63, 3.8) is 0 Å². The van der Waals surface area contributed by atoms with Crippen molar-refractivity contribution in [2.24, 2.45) is 4.99 Å². The molecular formula is C13H19N4O2S+. The molecule has 0 saturated carbocycles. The number of fused-ring (bicyclic) bond motifs is 2. The summed E-state index contributed by atoms with van der Waals surface area (Å²) >= 11 is 1.65. The Labute approximate surface area is 122 Å². The number of thioether (sulfide) groups is 1. The molecule has 0 bridgehead atoms. The number of rotatable bonds is 4. The van der Waals surface area contributed by atoms with Crippen LogP contribution >= 0.6 is 11.8 Å². The predicted octanol–water partition coefficient (Wildman–Crippen LogP) is 0.967. The Hall–Kier alpha value is -1.37. The third-order valence-corrected chi connectivity index (χ3v) is 4.89. The van der Waals surface area contributed by atoms with Crippen LogP contribution in [0.3, 0.4) is 0 Å². The minimum absolute atomic E-state index is 0.111. The predicted molar refractivity (Wildman–Crippen MR) is 78.2 cm³/mol. The molecule has 0 N–H and O–H groups in total. The maximum atomic E-state index is 12.6. The second-order valence-corrected chi connectivity index (χ2v) is 6.30. The number of aliphatic imine (C=N–C) groups is 1. The number of amidine groups is 2. The smallest absolute Gasteiger partial charge is 0.269 e. The van der Waals surface area contributed by atoms with Crippen LogP contribution in [0.1, 0.15) is 26.2 Å². The van der Waals surface area contributed by atoms with E-state index >= 15 is 0 Å². The Kier molecular flexibility index (Phi) is 3.54. The topological polar surface area (TPSA) is 56.0 Å². The van der Waals surface area contributed by atoms with Gasteiger partial charge in [-0.2, -0.15) is 0 Å². The van der Waals surface area contributed by atoms with Crippen molar-refractivity contribution in [1.82, 2.24) is 9.80 Å². The molecule has 0 spiro atoms. The van der Waals surface area contributed by atoms with Gasteiger partial charge >= 0.3 is 11.2 Å². The lowest BCUT2D eigenvalue weighted by molar-refractivity contribution is -0.525. The molecule has 3 aliphatic heterocycles. The lowest BCUT2D eigenvalue weighted by atomic mass is 10.1. The highest BCUT2D eigenvalue weighted by Gasteiger charge is 2.55. The van der Waals surface area contributed by atoms with E-state index in [-0.39, 0.29) is 18.0 Å². The Morgan fingerprint density at radius 3 is 2.95 bits per heavy atom. The molecule has 3 rings (SSSR count). The number of hydrogen-bond donors (Lipinski definition) is 0. The van der Waals surface area contributed by atoms with E-state index in [0.717, 1.165) is 36.7 Å². The van der Waals surface area contributed by atoms with Gasteiger partial charge in [0.1, 0.15) is 0 Å². The molecule has 20 heavy (non-hydrogen) atoms. The largest absolute Gasteiger partial charge is 0.358 e. The molecule has 1 atom stereocenters. The number of carbonyl (C=O) groups is 2. The molecule has 0 aliphatic carbocycles. The molecule has 3 aliphatic rings. The maximum Gasteiger partial charge on any atom is 0.358 e. The molecule has 3 amide bonds. The Morgan fingerprint density at radius 1 is 1.40 bits per heavy atom. The molecule has 0 aromatic rings. The van der Waals surface area contributed by atoms with Crippen LogP contribution in [0.5, 0.6) is 0 Å². The molecule has 7 heteroatoms. The van der Waals surface area contributed by atoms with E-state index in [9.17, 15) is 9.59 Å². The first-order valence-corrected chi connectivity index (χ1v) is 8.07. The number of hydrogen-bond acceptors (Lipinski definition) is 4. The van der Waals surface area contributed by atoms with Gasteiger partial charge in [0.05, 0.1) is 6.54 Å². The van der Waals surface area contributed by atoms with Crippen molar-refractivity contribution >= 4 is 34.7 Å². The van der Waals surface area contributed by atoms with Gasteiger partial charge in [0.25, 0.3) is 17.8 Å². The average Bonchev–Trinajstić information content (AvgIpc) is 3.00. The third-order valence-electron chi connectivity index (χ3n) is 3.92. The van der Waals surface area contributed by atoms with Gasteiger partial charge in [-0.15, -0.1) is 0 Å². The molecule has 6 nitrogen and oxygen atoms in total. The lowest BCUT2D eigenvalue weighted by Crippen LogP contribution is -2.62. The molecule has 108 valence electrons. The molecule has 1 fully saturated rings. The molecule has 1 saturated heterocycles. The Balaban J connectivity index is 1.84. The number of likely N-dealkylation sites (N-methyl/N-ethyl adjacent to an activating group) is 1. The number of carbonyl (C=O) groups excluding carboxylic acids is 2. The lowest BCUT2D eigenvalue weighted by Gasteiger charge is -2.32.